The maximum atomic E-state index is 12.7. The lowest BCUT2D eigenvalue weighted by atomic mass is 10.0. The highest BCUT2D eigenvalue weighted by Crippen LogP contribution is 2.18. The van der Waals surface area contributed by atoms with Crippen LogP contribution in [0.5, 0.6) is 0 Å². The number of pyridine rings is 1. The van der Waals surface area contributed by atoms with E-state index in [0.29, 0.717) is 23.8 Å². The van der Waals surface area contributed by atoms with Crippen LogP contribution in [0, 0.1) is 13.8 Å². The van der Waals surface area contributed by atoms with E-state index >= 15 is 0 Å². The average molecular weight is 398 g/mol. The van der Waals surface area contributed by atoms with Gasteiger partial charge in [-0.3, -0.25) is 4.79 Å². The molecule has 2 heterocycles. The first-order valence-electron chi connectivity index (χ1n) is 9.66. The molecule has 0 bridgehead atoms. The van der Waals surface area contributed by atoms with E-state index in [1.54, 1.807) is 6.26 Å². The number of aryl methyl sites for hydroxylation is 2. The third-order valence-corrected chi connectivity index (χ3v) is 5.32. The second-order valence-corrected chi connectivity index (χ2v) is 7.56. The molecule has 0 amide bonds. The molecular weight excluding hydrogens is 370 g/mol. The Balaban J connectivity index is 1.88. The van der Waals surface area contributed by atoms with Crippen molar-refractivity contribution in [1.82, 2.24) is 15.2 Å². The Kier molecular flexibility index (Phi) is 6.52. The molecule has 0 fully saturated rings. The lowest BCUT2D eigenvalue weighted by Crippen LogP contribution is -2.40. The summed E-state index contributed by atoms with van der Waals surface area (Å²) in [5.41, 5.74) is 3.82. The van der Waals surface area contributed by atoms with E-state index < -0.39 is 0 Å². The van der Waals surface area contributed by atoms with Gasteiger partial charge in [0.25, 0.3) is 5.56 Å². The zero-order valence-corrected chi connectivity index (χ0v) is 17.5. The summed E-state index contributed by atoms with van der Waals surface area (Å²) in [6.07, 6.45) is 3.79. The van der Waals surface area contributed by atoms with Gasteiger partial charge in [0.15, 0.2) is 5.11 Å². The summed E-state index contributed by atoms with van der Waals surface area (Å²) >= 11 is 5.60. The Labute approximate surface area is 170 Å². The Bertz CT molecular complexity index is 1010. The molecule has 0 saturated heterocycles. The van der Waals surface area contributed by atoms with E-state index in [1.165, 1.54) is 5.56 Å². The van der Waals surface area contributed by atoms with E-state index in [-0.39, 0.29) is 5.56 Å². The fraction of sp³-hybridized carbons (Fsp3) is 0.364. The minimum Gasteiger partial charge on any atom is -0.467 e. The van der Waals surface area contributed by atoms with Crippen molar-refractivity contribution in [3.63, 3.8) is 0 Å². The predicted molar refractivity (Wildman–Crippen MR) is 118 cm³/mol. The molecule has 2 aromatic heterocycles. The van der Waals surface area contributed by atoms with Crippen molar-refractivity contribution in [1.29, 1.82) is 0 Å². The molecule has 1 aromatic carbocycles. The molecule has 0 saturated carbocycles. The van der Waals surface area contributed by atoms with Crippen LogP contribution >= 0.6 is 12.2 Å². The lowest BCUT2D eigenvalue weighted by molar-refractivity contribution is 0.350. The summed E-state index contributed by atoms with van der Waals surface area (Å²) < 4.78 is 5.49. The molecule has 5 nitrogen and oxygen atoms in total. The molecule has 2 N–H and O–H groups in total. The first-order valence-corrected chi connectivity index (χ1v) is 10.1. The molecule has 0 atom stereocenters. The number of hydrogen-bond donors (Lipinski definition) is 2. The molecule has 0 aliphatic heterocycles. The van der Waals surface area contributed by atoms with Crippen LogP contribution in [-0.2, 0) is 13.1 Å². The molecule has 0 aliphatic carbocycles. The molecule has 0 unspecified atom stereocenters. The molecule has 148 valence electrons. The van der Waals surface area contributed by atoms with Crippen molar-refractivity contribution >= 4 is 28.2 Å². The van der Waals surface area contributed by atoms with E-state index in [0.717, 1.165) is 41.6 Å². The zero-order valence-electron chi connectivity index (χ0n) is 16.7. The SMILES string of the molecule is CCCCNC(=S)N(Cc1ccco1)Cc1cc2cc(C)c(C)cc2[nH]c1=O. The number of aromatic nitrogens is 1. The molecule has 28 heavy (non-hydrogen) atoms. The topological polar surface area (TPSA) is 61.3 Å². The number of rotatable bonds is 7. The number of benzene rings is 1. The van der Waals surface area contributed by atoms with Gasteiger partial charge in [-0.1, -0.05) is 13.3 Å². The fourth-order valence-corrected chi connectivity index (χ4v) is 3.35. The molecule has 3 aromatic rings. The van der Waals surface area contributed by atoms with Gasteiger partial charge in [0.2, 0.25) is 0 Å². The Morgan fingerprint density at radius 2 is 2.00 bits per heavy atom. The fourth-order valence-electron chi connectivity index (χ4n) is 3.12. The van der Waals surface area contributed by atoms with Crippen molar-refractivity contribution in [3.05, 3.63) is 69.4 Å². The quantitative estimate of drug-likeness (QED) is 0.457. The monoisotopic (exact) mass is 397 g/mol. The Morgan fingerprint density at radius 3 is 2.71 bits per heavy atom. The number of nitrogens with zero attached hydrogens (tertiary/aromatic N) is 1. The average Bonchev–Trinajstić information content (AvgIpc) is 3.16. The standard InChI is InChI=1S/C22H27N3O2S/c1-4-5-8-23-22(28)25(14-19-7-6-9-27-19)13-18-12-17-10-15(2)16(3)11-20(17)24-21(18)26/h6-7,9-12H,4-5,8,13-14H2,1-3H3,(H,23,28)(H,24,26). The highest BCUT2D eigenvalue weighted by molar-refractivity contribution is 7.80. The number of hydrogen-bond acceptors (Lipinski definition) is 3. The molecular formula is C22H27N3O2S. The normalized spacial score (nSPS) is 11.0. The highest BCUT2D eigenvalue weighted by atomic mass is 32.1. The maximum Gasteiger partial charge on any atom is 0.253 e. The van der Waals surface area contributed by atoms with Gasteiger partial charge in [-0.25, -0.2) is 0 Å². The van der Waals surface area contributed by atoms with Gasteiger partial charge in [0, 0.05) is 17.6 Å². The van der Waals surface area contributed by atoms with E-state index in [9.17, 15) is 4.79 Å². The summed E-state index contributed by atoms with van der Waals surface area (Å²) in [5, 5.41) is 4.95. The highest BCUT2D eigenvalue weighted by Gasteiger charge is 2.15. The van der Waals surface area contributed by atoms with Crippen LogP contribution < -0.4 is 10.9 Å². The van der Waals surface area contributed by atoms with Crippen LogP contribution in [0.4, 0.5) is 0 Å². The molecule has 0 aliphatic rings. The Hall–Kier alpha value is -2.60. The van der Waals surface area contributed by atoms with Crippen molar-refractivity contribution in [2.24, 2.45) is 0 Å². The number of furan rings is 1. The van der Waals surface area contributed by atoms with E-state index in [4.69, 9.17) is 16.6 Å². The largest absolute Gasteiger partial charge is 0.467 e. The van der Waals surface area contributed by atoms with Crippen LogP contribution in [0.15, 0.2) is 45.8 Å². The number of thiocarbonyl (C=S) groups is 1. The van der Waals surface area contributed by atoms with Gasteiger partial charge >= 0.3 is 0 Å². The molecule has 0 spiro atoms. The summed E-state index contributed by atoms with van der Waals surface area (Å²) in [6, 6.07) is 9.87. The van der Waals surface area contributed by atoms with Gasteiger partial charge < -0.3 is 19.6 Å². The van der Waals surface area contributed by atoms with Crippen LogP contribution in [0.3, 0.4) is 0 Å². The number of H-pyrrole nitrogens is 1. The molecule has 0 radical (unpaired) electrons. The van der Waals surface area contributed by atoms with Crippen molar-refractivity contribution in [2.75, 3.05) is 6.54 Å². The van der Waals surface area contributed by atoms with Crippen LogP contribution in [-0.4, -0.2) is 21.5 Å². The maximum absolute atomic E-state index is 12.7. The second kappa shape index (κ2) is 9.06. The summed E-state index contributed by atoms with van der Waals surface area (Å²) in [4.78, 5) is 17.7. The van der Waals surface area contributed by atoms with Crippen molar-refractivity contribution in [3.8, 4) is 0 Å². The van der Waals surface area contributed by atoms with E-state index in [1.807, 2.05) is 36.1 Å². The minimum atomic E-state index is -0.0865. The summed E-state index contributed by atoms with van der Waals surface area (Å²) in [5.74, 6) is 0.809. The summed E-state index contributed by atoms with van der Waals surface area (Å²) in [6.45, 7) is 8.01. The first-order chi connectivity index (χ1) is 13.5. The van der Waals surface area contributed by atoms with Gasteiger partial charge in [-0.2, -0.15) is 0 Å². The first kappa shape index (κ1) is 20.1. The van der Waals surface area contributed by atoms with Crippen molar-refractivity contribution in [2.45, 2.75) is 46.7 Å². The van der Waals surface area contributed by atoms with Gasteiger partial charge in [-0.15, -0.1) is 0 Å². The third-order valence-electron chi connectivity index (χ3n) is 4.92. The zero-order chi connectivity index (χ0) is 20.1. The molecule has 3 rings (SSSR count). The van der Waals surface area contributed by atoms with Crippen LogP contribution in [0.25, 0.3) is 10.9 Å². The number of unbranched alkanes of at least 4 members (excludes halogenated alkanes) is 1. The lowest BCUT2D eigenvalue weighted by Gasteiger charge is -2.25. The number of fused-ring (bicyclic) bond motifs is 1. The van der Waals surface area contributed by atoms with Gasteiger partial charge in [0.05, 0.1) is 19.4 Å². The van der Waals surface area contributed by atoms with Crippen LogP contribution in [0.1, 0.15) is 42.2 Å². The Morgan fingerprint density at radius 1 is 1.21 bits per heavy atom. The smallest absolute Gasteiger partial charge is 0.253 e. The molecule has 6 heteroatoms. The third kappa shape index (κ3) is 4.81. The summed E-state index contributed by atoms with van der Waals surface area (Å²) in [7, 11) is 0. The van der Waals surface area contributed by atoms with Crippen molar-refractivity contribution < 1.29 is 4.42 Å². The van der Waals surface area contributed by atoms with Gasteiger partial charge in [-0.05, 0) is 79.3 Å². The van der Waals surface area contributed by atoms with Gasteiger partial charge in [0.1, 0.15) is 5.76 Å². The van der Waals surface area contributed by atoms with Crippen LogP contribution in [0.2, 0.25) is 0 Å². The number of aromatic amines is 1. The minimum absolute atomic E-state index is 0.0865. The van der Waals surface area contributed by atoms with E-state index in [2.05, 4.69) is 30.2 Å². The second-order valence-electron chi connectivity index (χ2n) is 7.17. The predicted octanol–water partition coefficient (Wildman–Crippen LogP) is 4.41. The number of nitrogens with one attached hydrogen (secondary N) is 2.